The molecule has 0 unspecified atom stereocenters. The molecule has 1 aromatic carbocycles. The van der Waals surface area contributed by atoms with Crippen molar-refractivity contribution < 1.29 is 0 Å². The Labute approximate surface area is 95.5 Å². The summed E-state index contributed by atoms with van der Waals surface area (Å²) in [5, 5.41) is 8.73. The van der Waals surface area contributed by atoms with Gasteiger partial charge in [0.1, 0.15) is 5.52 Å². The van der Waals surface area contributed by atoms with Crippen LogP contribution in [0.25, 0.3) is 21.8 Å². The minimum Gasteiger partial charge on any atom is -0.339 e. The van der Waals surface area contributed by atoms with Crippen LogP contribution >= 0.6 is 11.6 Å². The van der Waals surface area contributed by atoms with Crippen molar-refractivity contribution in [1.29, 1.82) is 0 Å². The summed E-state index contributed by atoms with van der Waals surface area (Å²) in [6, 6.07) is 5.56. The third kappa shape index (κ3) is 1.10. The Hall–Kier alpha value is -1.81. The summed E-state index contributed by atoms with van der Waals surface area (Å²) in [5.74, 6) is 0. The first kappa shape index (κ1) is 9.42. The third-order valence-corrected chi connectivity index (χ3v) is 3.01. The molecule has 0 fully saturated rings. The molecule has 0 aliphatic heterocycles. The monoisotopic (exact) mass is 233 g/mol. The predicted octanol–water partition coefficient (Wildman–Crippen LogP) is 2.07. The van der Waals surface area contributed by atoms with E-state index in [1.165, 1.54) is 0 Å². The molecular weight excluding hydrogens is 226 g/mol. The van der Waals surface area contributed by atoms with Gasteiger partial charge < -0.3 is 4.57 Å². The minimum atomic E-state index is -0.188. The van der Waals surface area contributed by atoms with Crippen LogP contribution in [0.5, 0.6) is 0 Å². The molecule has 3 rings (SSSR count). The fraction of sp³-hybridized carbons (Fsp3) is 0.0909. The van der Waals surface area contributed by atoms with E-state index in [0.29, 0.717) is 10.5 Å². The lowest BCUT2D eigenvalue weighted by atomic mass is 10.2. The Morgan fingerprint density at radius 3 is 3.00 bits per heavy atom. The van der Waals surface area contributed by atoms with E-state index in [0.717, 1.165) is 16.3 Å². The molecule has 16 heavy (non-hydrogen) atoms. The lowest BCUT2D eigenvalue weighted by molar-refractivity contribution is 0.958. The number of fused-ring (bicyclic) bond motifs is 3. The van der Waals surface area contributed by atoms with Gasteiger partial charge in [0.2, 0.25) is 0 Å². The second-order valence-electron chi connectivity index (χ2n) is 3.68. The quantitative estimate of drug-likeness (QED) is 0.646. The van der Waals surface area contributed by atoms with Crippen molar-refractivity contribution >= 4 is 33.4 Å². The molecule has 3 aromatic rings. The fourth-order valence-corrected chi connectivity index (χ4v) is 2.22. The SMILES string of the molecule is Cn1c2cc(Cl)ccc2c2cn[nH]c(=O)c21. The Balaban J connectivity index is 2.70. The minimum absolute atomic E-state index is 0.188. The highest BCUT2D eigenvalue weighted by atomic mass is 35.5. The molecule has 2 aromatic heterocycles. The highest BCUT2D eigenvalue weighted by Gasteiger charge is 2.11. The Morgan fingerprint density at radius 2 is 2.19 bits per heavy atom. The summed E-state index contributed by atoms with van der Waals surface area (Å²) < 4.78 is 1.83. The van der Waals surface area contributed by atoms with Crippen molar-refractivity contribution in [2.24, 2.45) is 7.05 Å². The van der Waals surface area contributed by atoms with Gasteiger partial charge in [-0.25, -0.2) is 5.10 Å². The average Bonchev–Trinajstić information content (AvgIpc) is 2.54. The van der Waals surface area contributed by atoms with Gasteiger partial charge in [0.05, 0.1) is 11.7 Å². The number of aromatic amines is 1. The maximum Gasteiger partial charge on any atom is 0.288 e. The van der Waals surface area contributed by atoms with Crippen LogP contribution in [-0.2, 0) is 7.05 Å². The number of nitrogens with zero attached hydrogens (tertiary/aromatic N) is 2. The van der Waals surface area contributed by atoms with Crippen molar-refractivity contribution in [3.05, 3.63) is 39.8 Å². The van der Waals surface area contributed by atoms with E-state index in [2.05, 4.69) is 10.2 Å². The molecule has 0 atom stereocenters. The first-order valence-electron chi connectivity index (χ1n) is 4.80. The molecule has 4 nitrogen and oxygen atoms in total. The summed E-state index contributed by atoms with van der Waals surface area (Å²) >= 11 is 5.94. The fourth-order valence-electron chi connectivity index (χ4n) is 2.05. The van der Waals surface area contributed by atoms with E-state index in [4.69, 9.17) is 11.6 Å². The average molecular weight is 234 g/mol. The van der Waals surface area contributed by atoms with Crippen LogP contribution in [0, 0.1) is 0 Å². The molecule has 0 spiro atoms. The zero-order chi connectivity index (χ0) is 11.3. The van der Waals surface area contributed by atoms with Crippen molar-refractivity contribution in [3.8, 4) is 0 Å². The number of aromatic nitrogens is 3. The number of hydrogen-bond donors (Lipinski definition) is 1. The van der Waals surface area contributed by atoms with Crippen molar-refractivity contribution in [2.45, 2.75) is 0 Å². The maximum absolute atomic E-state index is 11.7. The van der Waals surface area contributed by atoms with Gasteiger partial charge in [-0.1, -0.05) is 17.7 Å². The van der Waals surface area contributed by atoms with E-state index in [-0.39, 0.29) is 5.56 Å². The Morgan fingerprint density at radius 1 is 1.38 bits per heavy atom. The molecule has 0 aliphatic carbocycles. The Kier molecular flexibility index (Phi) is 1.82. The lowest BCUT2D eigenvalue weighted by Gasteiger charge is -1.96. The number of rotatable bonds is 0. The largest absolute Gasteiger partial charge is 0.339 e. The smallest absolute Gasteiger partial charge is 0.288 e. The number of nitrogens with one attached hydrogen (secondary N) is 1. The highest BCUT2D eigenvalue weighted by molar-refractivity contribution is 6.31. The van der Waals surface area contributed by atoms with Gasteiger partial charge in [-0.15, -0.1) is 0 Å². The number of aryl methyl sites for hydroxylation is 1. The summed E-state index contributed by atoms with van der Waals surface area (Å²) in [7, 11) is 1.84. The Bertz CT molecular complexity index is 757. The number of hydrogen-bond acceptors (Lipinski definition) is 2. The zero-order valence-corrected chi connectivity index (χ0v) is 9.25. The van der Waals surface area contributed by atoms with Crippen LogP contribution < -0.4 is 5.56 Å². The standard InChI is InChI=1S/C11H8ClN3O/c1-15-9-4-6(12)2-3-7(9)8-5-13-14-11(16)10(8)15/h2-5H,1H3,(H,14,16). The van der Waals surface area contributed by atoms with Crippen molar-refractivity contribution in [1.82, 2.24) is 14.8 Å². The molecule has 0 amide bonds. The zero-order valence-electron chi connectivity index (χ0n) is 8.49. The normalized spacial score (nSPS) is 11.4. The van der Waals surface area contributed by atoms with Crippen molar-refractivity contribution in [2.75, 3.05) is 0 Å². The van der Waals surface area contributed by atoms with Gasteiger partial charge in [-0.2, -0.15) is 5.10 Å². The van der Waals surface area contributed by atoms with Gasteiger partial charge in [-0.05, 0) is 12.1 Å². The second-order valence-corrected chi connectivity index (χ2v) is 4.12. The first-order chi connectivity index (χ1) is 7.68. The summed E-state index contributed by atoms with van der Waals surface area (Å²) in [5.41, 5.74) is 1.36. The summed E-state index contributed by atoms with van der Waals surface area (Å²) in [4.78, 5) is 11.7. The number of benzene rings is 1. The van der Waals surface area contributed by atoms with Crippen LogP contribution in [-0.4, -0.2) is 14.8 Å². The molecule has 80 valence electrons. The molecule has 0 radical (unpaired) electrons. The van der Waals surface area contributed by atoms with Crippen LogP contribution in [0.3, 0.4) is 0 Å². The van der Waals surface area contributed by atoms with E-state index in [9.17, 15) is 4.79 Å². The van der Waals surface area contributed by atoms with Crippen molar-refractivity contribution in [3.63, 3.8) is 0 Å². The van der Waals surface area contributed by atoms with Crippen LogP contribution in [0.4, 0.5) is 0 Å². The second kappa shape index (κ2) is 3.09. The topological polar surface area (TPSA) is 50.7 Å². The maximum atomic E-state index is 11.7. The summed E-state index contributed by atoms with van der Waals surface area (Å²) in [6.45, 7) is 0. The van der Waals surface area contributed by atoms with E-state index in [1.54, 1.807) is 6.20 Å². The molecule has 0 saturated carbocycles. The van der Waals surface area contributed by atoms with Gasteiger partial charge in [0.15, 0.2) is 0 Å². The van der Waals surface area contributed by atoms with Crippen LogP contribution in [0.2, 0.25) is 5.02 Å². The molecule has 5 heteroatoms. The van der Waals surface area contributed by atoms with Crippen LogP contribution in [0.1, 0.15) is 0 Å². The van der Waals surface area contributed by atoms with E-state index < -0.39 is 0 Å². The van der Waals surface area contributed by atoms with E-state index >= 15 is 0 Å². The molecule has 1 N–H and O–H groups in total. The predicted molar refractivity (Wildman–Crippen MR) is 63.9 cm³/mol. The third-order valence-electron chi connectivity index (χ3n) is 2.78. The molecule has 0 bridgehead atoms. The van der Waals surface area contributed by atoms with Gasteiger partial charge in [-0.3, -0.25) is 4.79 Å². The van der Waals surface area contributed by atoms with Crippen LogP contribution in [0.15, 0.2) is 29.2 Å². The van der Waals surface area contributed by atoms with Gasteiger partial charge in [0.25, 0.3) is 5.56 Å². The summed E-state index contributed by atoms with van der Waals surface area (Å²) in [6.07, 6.45) is 1.66. The van der Waals surface area contributed by atoms with Gasteiger partial charge in [0, 0.05) is 22.8 Å². The highest BCUT2D eigenvalue weighted by Crippen LogP contribution is 2.27. The lowest BCUT2D eigenvalue weighted by Crippen LogP contribution is -2.10. The molecule has 0 aliphatic rings. The van der Waals surface area contributed by atoms with Gasteiger partial charge >= 0.3 is 0 Å². The first-order valence-corrected chi connectivity index (χ1v) is 5.17. The molecular formula is C11H8ClN3O. The number of halogens is 1. The number of H-pyrrole nitrogens is 1. The van der Waals surface area contributed by atoms with E-state index in [1.807, 2.05) is 29.8 Å². The molecule has 2 heterocycles. The molecule has 0 saturated heterocycles.